The molecule has 4 atom stereocenters. The zero-order valence-corrected chi connectivity index (χ0v) is 14.5. The molecule has 2 saturated heterocycles. The summed E-state index contributed by atoms with van der Waals surface area (Å²) in [5, 5.41) is 10.2. The Labute approximate surface area is 136 Å². The van der Waals surface area contributed by atoms with E-state index in [4.69, 9.17) is 9.47 Å². The summed E-state index contributed by atoms with van der Waals surface area (Å²) in [5.74, 6) is 0. The number of aliphatic hydroxyl groups excluding tert-OH is 1. The predicted octanol–water partition coefficient (Wildman–Crippen LogP) is 4.60. The molecule has 0 spiro atoms. The third kappa shape index (κ3) is 6.97. The highest BCUT2D eigenvalue weighted by molar-refractivity contribution is 4.88. The van der Waals surface area contributed by atoms with Crippen molar-refractivity contribution >= 4 is 0 Å². The van der Waals surface area contributed by atoms with Gasteiger partial charge in [0.15, 0.2) is 0 Å². The van der Waals surface area contributed by atoms with Crippen LogP contribution >= 0.6 is 0 Å². The summed E-state index contributed by atoms with van der Waals surface area (Å²) in [4.78, 5) is 0. The zero-order valence-electron chi connectivity index (χ0n) is 14.5. The van der Waals surface area contributed by atoms with Gasteiger partial charge in [0.25, 0.3) is 0 Å². The minimum Gasteiger partial charge on any atom is -0.390 e. The molecule has 0 radical (unpaired) electrons. The SMILES string of the molecule is CCCCCCCCCCCC[C@H](O)[C@@H]1CC[C@@H](C2CO2)O1. The highest BCUT2D eigenvalue weighted by Gasteiger charge is 2.40. The first-order valence-corrected chi connectivity index (χ1v) is 9.76. The van der Waals surface area contributed by atoms with Crippen LogP contribution < -0.4 is 0 Å². The fraction of sp³-hybridized carbons (Fsp3) is 1.00. The monoisotopic (exact) mass is 312 g/mol. The van der Waals surface area contributed by atoms with Crippen molar-refractivity contribution in [3.8, 4) is 0 Å². The number of aliphatic hydroxyl groups is 1. The maximum Gasteiger partial charge on any atom is 0.107 e. The van der Waals surface area contributed by atoms with Crippen molar-refractivity contribution < 1.29 is 14.6 Å². The van der Waals surface area contributed by atoms with E-state index < -0.39 is 0 Å². The highest BCUT2D eigenvalue weighted by Crippen LogP contribution is 2.31. The maximum absolute atomic E-state index is 10.2. The van der Waals surface area contributed by atoms with E-state index in [-0.39, 0.29) is 18.3 Å². The van der Waals surface area contributed by atoms with Crippen molar-refractivity contribution in [1.82, 2.24) is 0 Å². The molecule has 0 bridgehead atoms. The van der Waals surface area contributed by atoms with Crippen LogP contribution in [0.1, 0.15) is 90.4 Å². The number of rotatable bonds is 13. The fourth-order valence-corrected chi connectivity index (χ4v) is 3.54. The number of epoxide rings is 1. The van der Waals surface area contributed by atoms with Crippen LogP contribution in [-0.4, -0.2) is 36.1 Å². The molecule has 22 heavy (non-hydrogen) atoms. The molecule has 2 rings (SSSR count). The van der Waals surface area contributed by atoms with E-state index in [0.717, 1.165) is 32.3 Å². The fourth-order valence-electron chi connectivity index (χ4n) is 3.54. The number of hydrogen-bond acceptors (Lipinski definition) is 3. The molecule has 2 aliphatic heterocycles. The summed E-state index contributed by atoms with van der Waals surface area (Å²) >= 11 is 0. The van der Waals surface area contributed by atoms with Crippen LogP contribution in [0, 0.1) is 0 Å². The van der Waals surface area contributed by atoms with E-state index in [1.54, 1.807) is 0 Å². The quantitative estimate of drug-likeness (QED) is 0.399. The first kappa shape index (κ1) is 18.2. The van der Waals surface area contributed by atoms with Crippen LogP contribution in [0.3, 0.4) is 0 Å². The maximum atomic E-state index is 10.2. The third-order valence-electron chi connectivity index (χ3n) is 5.14. The second kappa shape index (κ2) is 10.6. The Bertz CT molecular complexity index is 278. The van der Waals surface area contributed by atoms with Gasteiger partial charge in [0.2, 0.25) is 0 Å². The van der Waals surface area contributed by atoms with E-state index >= 15 is 0 Å². The number of ether oxygens (including phenoxy) is 2. The summed E-state index contributed by atoms with van der Waals surface area (Å²) in [6.45, 7) is 3.12. The highest BCUT2D eigenvalue weighted by atomic mass is 16.6. The summed E-state index contributed by atoms with van der Waals surface area (Å²) in [6.07, 6.45) is 16.8. The van der Waals surface area contributed by atoms with Crippen LogP contribution in [0.25, 0.3) is 0 Å². The lowest BCUT2D eigenvalue weighted by Crippen LogP contribution is -2.27. The largest absolute Gasteiger partial charge is 0.390 e. The normalized spacial score (nSPS) is 28.9. The second-order valence-corrected chi connectivity index (χ2v) is 7.20. The first-order chi connectivity index (χ1) is 10.8. The van der Waals surface area contributed by atoms with Gasteiger partial charge in [0.1, 0.15) is 6.10 Å². The molecule has 2 aliphatic rings. The Morgan fingerprint density at radius 2 is 1.45 bits per heavy atom. The molecule has 130 valence electrons. The van der Waals surface area contributed by atoms with Crippen LogP contribution in [0.15, 0.2) is 0 Å². The first-order valence-electron chi connectivity index (χ1n) is 9.76. The van der Waals surface area contributed by atoms with Gasteiger partial charge < -0.3 is 14.6 Å². The lowest BCUT2D eigenvalue weighted by molar-refractivity contribution is -0.0443. The molecule has 0 saturated carbocycles. The van der Waals surface area contributed by atoms with E-state index in [0.29, 0.717) is 6.10 Å². The van der Waals surface area contributed by atoms with E-state index in [2.05, 4.69) is 6.92 Å². The smallest absolute Gasteiger partial charge is 0.107 e. The summed E-state index contributed by atoms with van der Waals surface area (Å²) in [5.41, 5.74) is 0. The van der Waals surface area contributed by atoms with Crippen molar-refractivity contribution in [2.45, 2.75) is 115 Å². The van der Waals surface area contributed by atoms with Gasteiger partial charge in [-0.3, -0.25) is 0 Å². The second-order valence-electron chi connectivity index (χ2n) is 7.20. The van der Waals surface area contributed by atoms with Crippen LogP contribution in [0.2, 0.25) is 0 Å². The molecular formula is C19H36O3. The Morgan fingerprint density at radius 3 is 2.05 bits per heavy atom. The van der Waals surface area contributed by atoms with E-state index in [1.165, 1.54) is 57.8 Å². The van der Waals surface area contributed by atoms with E-state index in [1.807, 2.05) is 0 Å². The molecule has 3 heteroatoms. The van der Waals surface area contributed by atoms with Gasteiger partial charge in [-0.05, 0) is 19.3 Å². The molecule has 0 aromatic heterocycles. The number of hydrogen-bond donors (Lipinski definition) is 1. The Morgan fingerprint density at radius 1 is 0.864 bits per heavy atom. The lowest BCUT2D eigenvalue weighted by atomic mass is 10.0. The number of unbranched alkanes of at least 4 members (excludes halogenated alkanes) is 9. The molecule has 0 aromatic rings. The molecule has 0 amide bonds. The van der Waals surface area contributed by atoms with Gasteiger partial charge in [-0.15, -0.1) is 0 Å². The standard InChI is InChI=1S/C19H36O3/c1-2-3-4-5-6-7-8-9-10-11-12-16(20)17-13-14-18(22-17)19-15-21-19/h16-20H,2-15H2,1H3/t16-,17-,18-,19?/m0/s1. The Hall–Kier alpha value is -0.120. The molecule has 1 N–H and O–H groups in total. The molecule has 0 aliphatic carbocycles. The average molecular weight is 312 g/mol. The summed E-state index contributed by atoms with van der Waals surface area (Å²) in [6, 6.07) is 0. The van der Waals surface area contributed by atoms with Gasteiger partial charge in [0.05, 0.1) is 24.9 Å². The van der Waals surface area contributed by atoms with Crippen molar-refractivity contribution in [2.24, 2.45) is 0 Å². The molecular weight excluding hydrogens is 276 g/mol. The van der Waals surface area contributed by atoms with Crippen molar-refractivity contribution in [3.05, 3.63) is 0 Å². The Balaban J connectivity index is 1.37. The van der Waals surface area contributed by atoms with Crippen molar-refractivity contribution in [2.75, 3.05) is 6.61 Å². The molecule has 3 nitrogen and oxygen atoms in total. The summed E-state index contributed by atoms with van der Waals surface area (Å²) < 4.78 is 11.2. The minimum atomic E-state index is -0.266. The van der Waals surface area contributed by atoms with Crippen LogP contribution in [-0.2, 0) is 9.47 Å². The molecule has 2 fully saturated rings. The van der Waals surface area contributed by atoms with Gasteiger partial charge in [0, 0.05) is 0 Å². The summed E-state index contributed by atoms with van der Waals surface area (Å²) in [7, 11) is 0. The van der Waals surface area contributed by atoms with Gasteiger partial charge >= 0.3 is 0 Å². The van der Waals surface area contributed by atoms with E-state index in [9.17, 15) is 5.11 Å². The minimum absolute atomic E-state index is 0.0627. The Kier molecular flexibility index (Phi) is 8.79. The van der Waals surface area contributed by atoms with Gasteiger partial charge in [-0.25, -0.2) is 0 Å². The predicted molar refractivity (Wildman–Crippen MR) is 90.1 cm³/mol. The van der Waals surface area contributed by atoms with Crippen molar-refractivity contribution in [1.29, 1.82) is 0 Å². The van der Waals surface area contributed by atoms with Gasteiger partial charge in [-0.2, -0.15) is 0 Å². The van der Waals surface area contributed by atoms with Gasteiger partial charge in [-0.1, -0.05) is 71.1 Å². The zero-order chi connectivity index (χ0) is 15.6. The van der Waals surface area contributed by atoms with Crippen LogP contribution in [0.4, 0.5) is 0 Å². The lowest BCUT2D eigenvalue weighted by Gasteiger charge is -2.18. The molecule has 2 heterocycles. The van der Waals surface area contributed by atoms with Crippen LogP contribution in [0.5, 0.6) is 0 Å². The average Bonchev–Trinajstić information content (AvgIpc) is 3.26. The topological polar surface area (TPSA) is 42.0 Å². The van der Waals surface area contributed by atoms with Crippen molar-refractivity contribution in [3.63, 3.8) is 0 Å². The third-order valence-corrected chi connectivity index (χ3v) is 5.14. The molecule has 0 aromatic carbocycles. The molecule has 1 unspecified atom stereocenters.